The lowest BCUT2D eigenvalue weighted by Gasteiger charge is -2.44. The van der Waals surface area contributed by atoms with Gasteiger partial charge in [-0.1, -0.05) is 47.5 Å². The number of piperidine rings is 1. The largest absolute Gasteiger partial charge is 0.459 e. The van der Waals surface area contributed by atoms with Crippen LogP contribution in [-0.4, -0.2) is 47.8 Å². The van der Waals surface area contributed by atoms with E-state index in [-0.39, 0.29) is 6.10 Å². The molecule has 1 fully saturated rings. The van der Waals surface area contributed by atoms with E-state index in [2.05, 4.69) is 26.2 Å². The molecule has 2 aliphatic heterocycles. The molecule has 152 valence electrons. The fourth-order valence-electron chi connectivity index (χ4n) is 4.44. The molecule has 2 unspecified atom stereocenters. The lowest BCUT2D eigenvalue weighted by Crippen LogP contribution is -2.57. The van der Waals surface area contributed by atoms with Crippen LogP contribution in [0.1, 0.15) is 24.0 Å². The summed E-state index contributed by atoms with van der Waals surface area (Å²) in [5.74, 6) is -0.710. The number of halogens is 2. The highest BCUT2D eigenvalue weighted by molar-refractivity contribution is 6.31. The van der Waals surface area contributed by atoms with Crippen LogP contribution in [0.4, 0.5) is 0 Å². The quantitative estimate of drug-likeness (QED) is 0.444. The van der Waals surface area contributed by atoms with E-state index in [1.54, 1.807) is 48.5 Å². The molecule has 0 radical (unpaired) electrons. The standard InChI is InChI=1S/C23H24Cl2NO3/c1-26(2)19-9-10-20(26)14-21(13-19)29-22(27)23(28,15-5-3-7-17(24)11-15)16-6-4-8-18(25)12-16/h3-12,19-21,28H,13-14H2,1-2H3/q+1/t19-,20?,21?/m1/s1. The van der Waals surface area contributed by atoms with E-state index in [1.165, 1.54) is 0 Å². The summed E-state index contributed by atoms with van der Waals surface area (Å²) in [4.78, 5) is 13.4. The Bertz CT molecular complexity index is 909. The molecule has 0 saturated carbocycles. The summed E-state index contributed by atoms with van der Waals surface area (Å²) in [5.41, 5.74) is -1.29. The number of rotatable bonds is 4. The van der Waals surface area contributed by atoms with Crippen LogP contribution >= 0.6 is 23.2 Å². The van der Waals surface area contributed by atoms with Crippen molar-refractivity contribution in [2.75, 3.05) is 14.1 Å². The van der Waals surface area contributed by atoms with Crippen LogP contribution in [0.5, 0.6) is 0 Å². The molecule has 29 heavy (non-hydrogen) atoms. The van der Waals surface area contributed by atoms with Gasteiger partial charge in [-0.2, -0.15) is 0 Å². The number of aliphatic hydroxyl groups is 1. The first-order valence-electron chi connectivity index (χ1n) is 9.68. The average molecular weight is 433 g/mol. The molecule has 4 nitrogen and oxygen atoms in total. The van der Waals surface area contributed by atoms with Crippen LogP contribution in [-0.2, 0) is 15.1 Å². The third-order valence-electron chi connectivity index (χ3n) is 6.33. The van der Waals surface area contributed by atoms with Crippen molar-refractivity contribution < 1.29 is 19.1 Å². The van der Waals surface area contributed by atoms with Crippen molar-refractivity contribution in [1.82, 2.24) is 0 Å². The van der Waals surface area contributed by atoms with Crippen molar-refractivity contribution in [3.05, 3.63) is 81.9 Å². The highest BCUT2D eigenvalue weighted by Crippen LogP contribution is 2.39. The van der Waals surface area contributed by atoms with Crippen LogP contribution in [0.15, 0.2) is 60.7 Å². The molecule has 6 heteroatoms. The minimum Gasteiger partial charge on any atom is -0.459 e. The Balaban J connectivity index is 1.66. The molecule has 2 bridgehead atoms. The lowest BCUT2D eigenvalue weighted by atomic mass is 9.86. The van der Waals surface area contributed by atoms with Gasteiger partial charge in [0.05, 0.1) is 14.1 Å². The normalized spacial score (nSPS) is 25.1. The Morgan fingerprint density at radius 3 is 1.93 bits per heavy atom. The van der Waals surface area contributed by atoms with E-state index in [0.717, 1.165) is 17.3 Å². The SMILES string of the molecule is C[N+]1(C)C2C=C[C@@H]1CC(OC(=O)C(O)(c1cccc(Cl)c1)c1cccc(Cl)c1)C2. The summed E-state index contributed by atoms with van der Waals surface area (Å²) in [6.45, 7) is 0. The summed E-state index contributed by atoms with van der Waals surface area (Å²) in [5, 5.41) is 12.5. The molecule has 2 aromatic rings. The first-order valence-corrected chi connectivity index (χ1v) is 10.4. The van der Waals surface area contributed by atoms with Gasteiger partial charge >= 0.3 is 5.97 Å². The van der Waals surface area contributed by atoms with Gasteiger partial charge in [-0.05, 0) is 36.4 Å². The molecule has 2 aromatic carbocycles. The predicted molar refractivity (Wildman–Crippen MR) is 114 cm³/mol. The summed E-state index contributed by atoms with van der Waals surface area (Å²) in [6, 6.07) is 13.9. The van der Waals surface area contributed by atoms with Crippen molar-refractivity contribution in [3.8, 4) is 0 Å². The Morgan fingerprint density at radius 1 is 1.00 bits per heavy atom. The van der Waals surface area contributed by atoms with Gasteiger partial charge in [-0.3, -0.25) is 0 Å². The minimum absolute atomic E-state index is 0.261. The fraction of sp³-hybridized carbons (Fsp3) is 0.348. The second-order valence-electron chi connectivity index (χ2n) is 8.38. The topological polar surface area (TPSA) is 46.5 Å². The van der Waals surface area contributed by atoms with Gasteiger partial charge in [0, 0.05) is 34.0 Å². The molecule has 1 N–H and O–H groups in total. The Labute approximate surface area is 180 Å². The second kappa shape index (κ2) is 7.44. The molecule has 0 spiro atoms. The Morgan fingerprint density at radius 2 is 1.48 bits per heavy atom. The molecular weight excluding hydrogens is 409 g/mol. The van der Waals surface area contributed by atoms with E-state index in [4.69, 9.17) is 27.9 Å². The zero-order valence-electron chi connectivity index (χ0n) is 16.4. The van der Waals surface area contributed by atoms with Crippen molar-refractivity contribution in [3.63, 3.8) is 0 Å². The monoisotopic (exact) mass is 432 g/mol. The van der Waals surface area contributed by atoms with Crippen LogP contribution in [0, 0.1) is 0 Å². The molecular formula is C23H24Cl2NO3+. The van der Waals surface area contributed by atoms with Gasteiger partial charge in [0.15, 0.2) is 0 Å². The summed E-state index contributed by atoms with van der Waals surface area (Å²) >= 11 is 12.3. The lowest BCUT2D eigenvalue weighted by molar-refractivity contribution is -0.926. The average Bonchev–Trinajstić information content (AvgIpc) is 2.84. The maximum Gasteiger partial charge on any atom is 0.347 e. The number of hydrogen-bond donors (Lipinski definition) is 1. The number of likely N-dealkylation sites (N-methyl/N-ethyl adjacent to an activating group) is 1. The van der Waals surface area contributed by atoms with E-state index in [9.17, 15) is 9.90 Å². The number of carbonyl (C=O) groups excluding carboxylic acids is 1. The Kier molecular flexibility index (Phi) is 5.24. The highest BCUT2D eigenvalue weighted by Gasteiger charge is 2.49. The summed E-state index contributed by atoms with van der Waals surface area (Å²) in [6.07, 6.45) is 5.61. The van der Waals surface area contributed by atoms with E-state index >= 15 is 0 Å². The molecule has 1 saturated heterocycles. The molecule has 4 rings (SSSR count). The number of nitrogens with zero attached hydrogens (tertiary/aromatic N) is 1. The maximum atomic E-state index is 13.4. The third-order valence-corrected chi connectivity index (χ3v) is 6.80. The van der Waals surface area contributed by atoms with Gasteiger partial charge in [0.25, 0.3) is 0 Å². The van der Waals surface area contributed by atoms with Gasteiger partial charge in [-0.15, -0.1) is 0 Å². The van der Waals surface area contributed by atoms with Crippen molar-refractivity contribution in [1.29, 1.82) is 0 Å². The summed E-state index contributed by atoms with van der Waals surface area (Å²) < 4.78 is 6.77. The van der Waals surface area contributed by atoms with E-state index < -0.39 is 11.6 Å². The third kappa shape index (κ3) is 3.59. The fourth-order valence-corrected chi connectivity index (χ4v) is 4.82. The maximum absolute atomic E-state index is 13.4. The predicted octanol–water partition coefficient (Wildman–Crippen LogP) is 4.32. The highest BCUT2D eigenvalue weighted by atomic mass is 35.5. The number of ether oxygens (including phenoxy) is 1. The molecule has 3 atom stereocenters. The van der Waals surface area contributed by atoms with Crippen molar-refractivity contribution >= 4 is 29.2 Å². The van der Waals surface area contributed by atoms with E-state index in [1.807, 2.05) is 0 Å². The molecule has 0 aliphatic carbocycles. The van der Waals surface area contributed by atoms with Gasteiger partial charge < -0.3 is 14.3 Å². The van der Waals surface area contributed by atoms with Crippen molar-refractivity contribution in [2.24, 2.45) is 0 Å². The van der Waals surface area contributed by atoms with Crippen LogP contribution in [0.2, 0.25) is 10.0 Å². The molecule has 2 aliphatic rings. The molecule has 2 heterocycles. The van der Waals surface area contributed by atoms with Gasteiger partial charge in [0.1, 0.15) is 18.2 Å². The van der Waals surface area contributed by atoms with Crippen LogP contribution in [0.25, 0.3) is 0 Å². The number of esters is 1. The number of benzene rings is 2. The van der Waals surface area contributed by atoms with Gasteiger partial charge in [0.2, 0.25) is 5.60 Å². The summed E-state index contributed by atoms with van der Waals surface area (Å²) in [7, 11) is 4.39. The van der Waals surface area contributed by atoms with E-state index in [0.29, 0.717) is 33.3 Å². The van der Waals surface area contributed by atoms with Crippen LogP contribution in [0.3, 0.4) is 0 Å². The van der Waals surface area contributed by atoms with Crippen molar-refractivity contribution in [2.45, 2.75) is 36.6 Å². The number of quaternary nitrogens is 1. The number of carbonyl (C=O) groups is 1. The second-order valence-corrected chi connectivity index (χ2v) is 9.25. The van der Waals surface area contributed by atoms with Crippen LogP contribution < -0.4 is 0 Å². The first-order chi connectivity index (χ1) is 13.7. The first kappa shape index (κ1) is 20.4. The smallest absolute Gasteiger partial charge is 0.347 e. The number of hydrogen-bond acceptors (Lipinski definition) is 3. The number of fused-ring (bicyclic) bond motifs is 2. The molecule has 0 aromatic heterocycles. The van der Waals surface area contributed by atoms with Gasteiger partial charge in [-0.25, -0.2) is 4.79 Å². The molecule has 0 amide bonds. The zero-order chi connectivity index (χ0) is 20.8. The Hall–Kier alpha value is -1.85. The zero-order valence-corrected chi connectivity index (χ0v) is 17.9. The minimum atomic E-state index is -2.00.